The van der Waals surface area contributed by atoms with Crippen LogP contribution in [0.25, 0.3) is 241 Å². The van der Waals surface area contributed by atoms with E-state index in [4.69, 9.17) is 0 Å². The predicted octanol–water partition coefficient (Wildman–Crippen LogP) is 33.3. The van der Waals surface area contributed by atoms with Crippen molar-refractivity contribution in [2.24, 2.45) is 0 Å². The third-order valence-corrected chi connectivity index (χ3v) is 27.0. The van der Waals surface area contributed by atoms with Crippen LogP contribution in [-0.4, -0.2) is 27.4 Å². The van der Waals surface area contributed by atoms with Crippen molar-refractivity contribution in [3.8, 4) is 67.5 Å². The number of rotatable bonds is 9. The second-order valence-electron chi connectivity index (χ2n) is 34.2. The molecule has 0 aliphatic heterocycles. The third kappa shape index (κ3) is 12.0. The van der Waals surface area contributed by atoms with Gasteiger partial charge in [-0.2, -0.15) is 0 Å². The van der Waals surface area contributed by atoms with Crippen molar-refractivity contribution in [1.29, 1.82) is 0 Å². The van der Waals surface area contributed by atoms with Gasteiger partial charge in [0.15, 0.2) is 0 Å². The molecule has 6 heterocycles. The van der Waals surface area contributed by atoms with E-state index in [2.05, 4.69) is 513 Å². The second kappa shape index (κ2) is 30.2. The fourth-order valence-electron chi connectivity index (χ4n) is 21.4. The first kappa shape index (κ1) is 74.1. The van der Waals surface area contributed by atoms with Gasteiger partial charge in [0.05, 0.1) is 66.2 Å². The van der Waals surface area contributed by atoms with Crippen LogP contribution in [0.3, 0.4) is 0 Å². The van der Waals surface area contributed by atoms with Crippen molar-refractivity contribution >= 4 is 174 Å². The van der Waals surface area contributed by atoms with E-state index in [0.717, 1.165) is 34.1 Å². The van der Waals surface area contributed by atoms with Crippen molar-refractivity contribution in [3.63, 3.8) is 0 Å². The molecule has 28 aromatic rings. The van der Waals surface area contributed by atoms with Crippen molar-refractivity contribution in [2.75, 3.05) is 0 Å². The average Bonchev–Trinajstić information content (AvgIpc) is 1.51. The zero-order valence-electron chi connectivity index (χ0n) is 70.9. The topological polar surface area (TPSA) is 29.6 Å². The summed E-state index contributed by atoms with van der Waals surface area (Å²) in [5, 5.41) is 25.2. The molecule has 22 aromatic carbocycles. The zero-order chi connectivity index (χ0) is 85.4. The average molecular weight is 1650 g/mol. The summed E-state index contributed by atoms with van der Waals surface area (Å²) in [6.07, 6.45) is 0. The lowest BCUT2D eigenvalue weighted by molar-refractivity contribution is 1.13. The van der Waals surface area contributed by atoms with Crippen LogP contribution in [-0.2, 0) is 0 Å². The van der Waals surface area contributed by atoms with E-state index >= 15 is 0 Å². The van der Waals surface area contributed by atoms with E-state index < -0.39 is 0 Å². The van der Waals surface area contributed by atoms with Gasteiger partial charge in [-0.3, -0.25) is 0 Å². The van der Waals surface area contributed by atoms with Crippen LogP contribution >= 0.6 is 0 Å². The Kier molecular flexibility index (Phi) is 17.2. The molecular weight excluding hydrogens is 1570 g/mol. The van der Waals surface area contributed by atoms with Gasteiger partial charge in [-0.05, 0) is 216 Å². The van der Waals surface area contributed by atoms with E-state index in [0.29, 0.717) is 0 Å². The summed E-state index contributed by atoms with van der Waals surface area (Å²) in [5.41, 5.74) is 28.6. The summed E-state index contributed by atoms with van der Waals surface area (Å²) in [7, 11) is 0. The minimum atomic E-state index is 1.14. The Bertz CT molecular complexity index is 8760. The summed E-state index contributed by atoms with van der Waals surface area (Å²) in [6, 6.07) is 177. The number of para-hydroxylation sites is 12. The van der Waals surface area contributed by atoms with Crippen LogP contribution in [0.5, 0.6) is 0 Å². The van der Waals surface area contributed by atoms with Gasteiger partial charge in [0, 0.05) is 98.8 Å². The number of fused-ring (bicyclic) bond motifs is 23. The molecule has 6 heteroatoms. The summed E-state index contributed by atoms with van der Waals surface area (Å²) < 4.78 is 14.6. The Labute approximate surface area is 748 Å². The highest BCUT2D eigenvalue weighted by molar-refractivity contribution is 6.18. The molecule has 0 aliphatic carbocycles. The first-order chi connectivity index (χ1) is 64.5. The van der Waals surface area contributed by atoms with Gasteiger partial charge < -0.3 is 27.4 Å². The summed E-state index contributed by atoms with van der Waals surface area (Å²) in [6.45, 7) is 0. The minimum absolute atomic E-state index is 1.14. The molecule has 0 N–H and O–H groups in total. The zero-order valence-corrected chi connectivity index (χ0v) is 70.9. The maximum absolute atomic E-state index is 2.44. The van der Waals surface area contributed by atoms with Gasteiger partial charge in [-0.25, -0.2) is 0 Å². The van der Waals surface area contributed by atoms with E-state index in [-0.39, 0.29) is 0 Å². The van der Waals surface area contributed by atoms with Gasteiger partial charge in [0.25, 0.3) is 0 Å². The Morgan fingerprint density at radius 1 is 0.100 bits per heavy atom. The van der Waals surface area contributed by atoms with Crippen molar-refractivity contribution in [3.05, 3.63) is 485 Å². The fourth-order valence-corrected chi connectivity index (χ4v) is 21.4. The van der Waals surface area contributed by atoms with Gasteiger partial charge >= 0.3 is 0 Å². The van der Waals surface area contributed by atoms with Gasteiger partial charge in [-0.15, -0.1) is 0 Å². The number of hydrogen-bond acceptors (Lipinski definition) is 0. The largest absolute Gasteiger partial charge is 0.309 e. The molecule has 0 bridgehead atoms. The molecule has 0 aliphatic rings. The standard InChI is InChI=1S/C44H28N2.2C40H26N2/c1-2-14-33-29(13-1)27-40(35-16-4-3-15-34(33)35)30-25-31(45-41-21-9-5-17-36(41)37-18-6-10-22-42(37)45)28-32(26-30)46-43-23-11-7-19-38(43)39-20-8-12-24-44(39)46;1-2-14-31-27(12-1)13-11-19-32(31)28-24-29(41-37-20-7-3-15-33(37)34-16-4-8-21-38(34)41)26-30(25-28)42-39-22-9-5-17-35(39)36-18-6-10-23-40(36)42;1-2-12-28-23-29(22-21-27(28)11-1)30-24-31(41-37-17-7-3-13-33(37)34-14-4-8-18-38(34)41)26-32(25-30)42-39-19-9-5-15-35(39)36-16-6-10-20-40(36)42/h1-28H;2*1-26H. The highest BCUT2D eigenvalue weighted by Gasteiger charge is 2.24. The molecule has 6 nitrogen and oxygen atoms in total. The third-order valence-electron chi connectivity index (χ3n) is 27.0. The summed E-state index contributed by atoms with van der Waals surface area (Å²) in [4.78, 5) is 0. The molecule has 6 aromatic heterocycles. The maximum Gasteiger partial charge on any atom is 0.0541 e. The summed E-state index contributed by atoms with van der Waals surface area (Å²) >= 11 is 0. The van der Waals surface area contributed by atoms with Crippen LogP contribution in [0.2, 0.25) is 0 Å². The summed E-state index contributed by atoms with van der Waals surface area (Å²) in [5.74, 6) is 0. The lowest BCUT2D eigenvalue weighted by Crippen LogP contribution is -2.00. The first-order valence-electron chi connectivity index (χ1n) is 44.8. The molecule has 606 valence electrons. The van der Waals surface area contributed by atoms with Crippen molar-refractivity contribution in [2.45, 2.75) is 0 Å². The molecule has 0 spiro atoms. The molecule has 0 unspecified atom stereocenters. The Morgan fingerprint density at radius 3 is 0.638 bits per heavy atom. The van der Waals surface area contributed by atoms with Crippen LogP contribution in [0.4, 0.5) is 0 Å². The smallest absolute Gasteiger partial charge is 0.0541 e. The normalized spacial score (nSPS) is 11.8. The quantitative estimate of drug-likeness (QED) is 0.129. The molecule has 0 fully saturated rings. The fraction of sp³-hybridized carbons (Fsp3) is 0. The maximum atomic E-state index is 2.44. The van der Waals surface area contributed by atoms with Crippen molar-refractivity contribution in [1.82, 2.24) is 27.4 Å². The van der Waals surface area contributed by atoms with Crippen molar-refractivity contribution < 1.29 is 0 Å². The highest BCUT2D eigenvalue weighted by atomic mass is 15.0. The molecule has 0 radical (unpaired) electrons. The predicted molar refractivity (Wildman–Crippen MR) is 552 cm³/mol. The number of aromatic nitrogens is 6. The Balaban J connectivity index is 0.000000103. The van der Waals surface area contributed by atoms with Gasteiger partial charge in [-0.1, -0.05) is 346 Å². The number of nitrogens with zero attached hydrogens (tertiary/aromatic N) is 6. The van der Waals surface area contributed by atoms with Gasteiger partial charge in [0.1, 0.15) is 0 Å². The molecule has 0 saturated carbocycles. The molecule has 28 rings (SSSR count). The first-order valence-corrected chi connectivity index (χ1v) is 44.8. The van der Waals surface area contributed by atoms with Gasteiger partial charge in [0.2, 0.25) is 0 Å². The Hall–Kier alpha value is -17.3. The highest BCUT2D eigenvalue weighted by Crippen LogP contribution is 2.46. The number of hydrogen-bond donors (Lipinski definition) is 0. The van der Waals surface area contributed by atoms with Crippen LogP contribution in [0.1, 0.15) is 0 Å². The van der Waals surface area contributed by atoms with E-state index in [1.165, 1.54) is 207 Å². The lowest BCUT2D eigenvalue weighted by Gasteiger charge is -2.17. The molecule has 130 heavy (non-hydrogen) atoms. The lowest BCUT2D eigenvalue weighted by atomic mass is 9.93. The molecule has 0 atom stereocenters. The van der Waals surface area contributed by atoms with E-state index in [1.807, 2.05) is 0 Å². The van der Waals surface area contributed by atoms with Crippen LogP contribution in [0, 0.1) is 0 Å². The molecule has 0 saturated heterocycles. The molecule has 0 amide bonds. The van der Waals surface area contributed by atoms with Crippen LogP contribution < -0.4 is 0 Å². The van der Waals surface area contributed by atoms with E-state index in [9.17, 15) is 0 Å². The number of benzene rings is 22. The van der Waals surface area contributed by atoms with E-state index in [1.54, 1.807) is 0 Å². The minimum Gasteiger partial charge on any atom is -0.309 e. The molecular formula is C124H80N6. The monoisotopic (exact) mass is 1650 g/mol. The van der Waals surface area contributed by atoms with Crippen LogP contribution in [0.15, 0.2) is 485 Å². The second-order valence-corrected chi connectivity index (χ2v) is 34.2. The SMILES string of the molecule is c1ccc2c(-c3cc(-n4c5ccccc5c5ccccc54)cc(-n4c5ccccc5c5ccccc54)c3)cccc2c1.c1ccc2c(c1)cc(-c1cc(-n3c4ccccc4c4ccccc43)cc(-n3c4ccccc4c4ccccc43)c1)c1ccccc12.c1ccc2cc(-c3cc(-n4c5ccccc5c5ccccc54)cc(-n4c5ccccc5c5ccccc54)c3)ccc2c1. The Morgan fingerprint density at radius 2 is 0.323 bits per heavy atom.